The van der Waals surface area contributed by atoms with Gasteiger partial charge in [0.05, 0.1) is 13.2 Å². The van der Waals surface area contributed by atoms with Gasteiger partial charge in [0.25, 0.3) is 10.2 Å². The summed E-state index contributed by atoms with van der Waals surface area (Å²) in [7, 11) is -3.51. The van der Waals surface area contributed by atoms with Gasteiger partial charge in [-0.2, -0.15) is 17.0 Å². The van der Waals surface area contributed by atoms with Crippen LogP contribution < -0.4 is 5.32 Å². The molecule has 1 aromatic carbocycles. The second kappa shape index (κ2) is 8.28. The fraction of sp³-hybridized carbons (Fsp3) is 0.533. The molecular formula is C15H20Cl2N4O4S. The summed E-state index contributed by atoms with van der Waals surface area (Å²) < 4.78 is 33.3. The van der Waals surface area contributed by atoms with Crippen LogP contribution in [0, 0.1) is 0 Å². The number of amides is 2. The van der Waals surface area contributed by atoms with Crippen molar-refractivity contribution in [3.05, 3.63) is 28.2 Å². The molecule has 144 valence electrons. The molecule has 0 spiro atoms. The van der Waals surface area contributed by atoms with Crippen molar-refractivity contribution >= 4 is 45.1 Å². The van der Waals surface area contributed by atoms with Crippen molar-refractivity contribution in [2.24, 2.45) is 0 Å². The Labute approximate surface area is 162 Å². The maximum Gasteiger partial charge on any atom is 0.321 e. The van der Waals surface area contributed by atoms with Gasteiger partial charge in [0, 0.05) is 55.0 Å². The topological polar surface area (TPSA) is 82.2 Å². The lowest BCUT2D eigenvalue weighted by Crippen LogP contribution is -2.56. The van der Waals surface area contributed by atoms with Gasteiger partial charge in [-0.3, -0.25) is 0 Å². The molecular weight excluding hydrogens is 403 g/mol. The Morgan fingerprint density at radius 2 is 1.46 bits per heavy atom. The van der Waals surface area contributed by atoms with Crippen molar-refractivity contribution in [1.82, 2.24) is 13.5 Å². The molecule has 2 fully saturated rings. The minimum atomic E-state index is -3.51. The Morgan fingerprint density at radius 3 is 2.04 bits per heavy atom. The molecule has 2 aliphatic heterocycles. The molecule has 1 N–H and O–H groups in total. The molecule has 11 heteroatoms. The third-order valence-electron chi connectivity index (χ3n) is 4.26. The monoisotopic (exact) mass is 422 g/mol. The number of carbonyl (C=O) groups is 1. The summed E-state index contributed by atoms with van der Waals surface area (Å²) in [6, 6.07) is 4.47. The number of rotatable bonds is 3. The van der Waals surface area contributed by atoms with Crippen LogP contribution in [0.25, 0.3) is 0 Å². The van der Waals surface area contributed by atoms with Gasteiger partial charge >= 0.3 is 6.03 Å². The summed E-state index contributed by atoms with van der Waals surface area (Å²) in [6.45, 7) is 2.66. The van der Waals surface area contributed by atoms with Crippen molar-refractivity contribution in [1.29, 1.82) is 0 Å². The smallest absolute Gasteiger partial charge is 0.321 e. The van der Waals surface area contributed by atoms with E-state index in [0.29, 0.717) is 55.1 Å². The number of piperazine rings is 1. The highest BCUT2D eigenvalue weighted by Crippen LogP contribution is 2.23. The Morgan fingerprint density at radius 1 is 0.923 bits per heavy atom. The molecule has 0 unspecified atom stereocenters. The summed E-state index contributed by atoms with van der Waals surface area (Å²) in [4.78, 5) is 14.0. The van der Waals surface area contributed by atoms with E-state index in [-0.39, 0.29) is 19.1 Å². The van der Waals surface area contributed by atoms with Gasteiger partial charge in [-0.25, -0.2) is 4.79 Å². The van der Waals surface area contributed by atoms with Crippen LogP contribution in [0.3, 0.4) is 0 Å². The number of benzene rings is 1. The molecule has 0 aliphatic carbocycles. The lowest BCUT2D eigenvalue weighted by atomic mass is 10.3. The van der Waals surface area contributed by atoms with E-state index in [2.05, 4.69) is 5.32 Å². The number of nitrogens with one attached hydrogen (secondary N) is 1. The molecule has 0 atom stereocenters. The molecule has 0 radical (unpaired) electrons. The maximum absolute atomic E-state index is 12.6. The van der Waals surface area contributed by atoms with Gasteiger partial charge in [-0.15, -0.1) is 0 Å². The van der Waals surface area contributed by atoms with Crippen molar-refractivity contribution in [3.8, 4) is 0 Å². The highest BCUT2D eigenvalue weighted by Gasteiger charge is 2.34. The van der Waals surface area contributed by atoms with Crippen molar-refractivity contribution < 1.29 is 17.9 Å². The quantitative estimate of drug-likeness (QED) is 0.803. The first-order chi connectivity index (χ1) is 12.4. The number of anilines is 1. The Hall–Kier alpha value is -1.10. The number of morpholine rings is 1. The second-order valence-corrected chi connectivity index (χ2v) is 8.79. The molecule has 0 bridgehead atoms. The first-order valence-electron chi connectivity index (χ1n) is 8.21. The standard InChI is InChI=1S/C15H20Cl2N4O4S/c16-12-9-13(17)11-14(10-12)18-15(22)19-1-3-20(4-2-19)26(23,24)21-5-7-25-8-6-21/h9-11H,1-8H2,(H,18,22). The zero-order valence-corrected chi connectivity index (χ0v) is 16.4. The summed E-state index contributed by atoms with van der Waals surface area (Å²) in [5.74, 6) is 0. The van der Waals surface area contributed by atoms with Gasteiger partial charge in [-0.05, 0) is 18.2 Å². The number of carbonyl (C=O) groups excluding carboxylic acids is 1. The maximum atomic E-state index is 12.6. The molecule has 2 saturated heterocycles. The molecule has 0 aromatic heterocycles. The molecule has 0 saturated carbocycles. The average molecular weight is 423 g/mol. The van der Waals surface area contributed by atoms with Crippen molar-refractivity contribution in [3.63, 3.8) is 0 Å². The van der Waals surface area contributed by atoms with Crippen molar-refractivity contribution in [2.75, 3.05) is 57.8 Å². The van der Waals surface area contributed by atoms with Crippen LogP contribution in [0.4, 0.5) is 10.5 Å². The van der Waals surface area contributed by atoms with E-state index < -0.39 is 10.2 Å². The summed E-state index contributed by atoms with van der Waals surface area (Å²) in [5.41, 5.74) is 0.496. The summed E-state index contributed by atoms with van der Waals surface area (Å²) >= 11 is 11.9. The first-order valence-corrected chi connectivity index (χ1v) is 10.4. The van der Waals surface area contributed by atoms with E-state index in [9.17, 15) is 13.2 Å². The molecule has 2 amide bonds. The third-order valence-corrected chi connectivity index (χ3v) is 6.73. The van der Waals surface area contributed by atoms with Crippen LogP contribution in [-0.2, 0) is 14.9 Å². The van der Waals surface area contributed by atoms with E-state index >= 15 is 0 Å². The lowest BCUT2D eigenvalue weighted by Gasteiger charge is -2.37. The van der Waals surface area contributed by atoms with Crippen LogP contribution in [0.1, 0.15) is 0 Å². The fourth-order valence-electron chi connectivity index (χ4n) is 2.89. The molecule has 26 heavy (non-hydrogen) atoms. The normalized spacial score (nSPS) is 20.2. The predicted molar refractivity (Wildman–Crippen MR) is 99.9 cm³/mol. The minimum Gasteiger partial charge on any atom is -0.379 e. The predicted octanol–water partition coefficient (Wildman–Crippen LogP) is 1.72. The minimum absolute atomic E-state index is 0.253. The van der Waals surface area contributed by atoms with Gasteiger partial charge < -0.3 is 15.0 Å². The molecule has 2 heterocycles. The molecule has 8 nitrogen and oxygen atoms in total. The van der Waals surface area contributed by atoms with E-state index in [4.69, 9.17) is 27.9 Å². The van der Waals surface area contributed by atoms with Gasteiger partial charge in [-0.1, -0.05) is 23.2 Å². The number of hydrogen-bond acceptors (Lipinski definition) is 4. The Kier molecular flexibility index (Phi) is 6.26. The van der Waals surface area contributed by atoms with Gasteiger partial charge in [0.1, 0.15) is 0 Å². The SMILES string of the molecule is O=C(Nc1cc(Cl)cc(Cl)c1)N1CCN(S(=O)(=O)N2CCOCC2)CC1. The number of urea groups is 1. The molecule has 2 aliphatic rings. The van der Waals surface area contributed by atoms with Crippen LogP contribution in [-0.4, -0.2) is 80.4 Å². The number of ether oxygens (including phenoxy) is 1. The van der Waals surface area contributed by atoms with Crippen LogP contribution in [0.15, 0.2) is 18.2 Å². The Bertz CT molecular complexity index is 743. The van der Waals surface area contributed by atoms with Crippen LogP contribution >= 0.6 is 23.2 Å². The summed E-state index contributed by atoms with van der Waals surface area (Å²) in [6.07, 6.45) is 0. The highest BCUT2D eigenvalue weighted by molar-refractivity contribution is 7.86. The highest BCUT2D eigenvalue weighted by atomic mass is 35.5. The van der Waals surface area contributed by atoms with E-state index in [1.165, 1.54) is 8.61 Å². The van der Waals surface area contributed by atoms with Crippen molar-refractivity contribution in [2.45, 2.75) is 0 Å². The Balaban J connectivity index is 1.56. The molecule has 1 aromatic rings. The molecule has 3 rings (SSSR count). The van der Waals surface area contributed by atoms with Crippen LogP contribution in [0.2, 0.25) is 10.0 Å². The first kappa shape index (κ1) is 19.7. The zero-order valence-electron chi connectivity index (χ0n) is 14.0. The van der Waals surface area contributed by atoms with E-state index in [1.807, 2.05) is 0 Å². The van der Waals surface area contributed by atoms with Gasteiger partial charge in [0.15, 0.2) is 0 Å². The lowest BCUT2D eigenvalue weighted by molar-refractivity contribution is 0.0691. The van der Waals surface area contributed by atoms with E-state index in [1.54, 1.807) is 23.1 Å². The summed E-state index contributed by atoms with van der Waals surface area (Å²) in [5, 5.41) is 3.58. The number of hydrogen-bond donors (Lipinski definition) is 1. The fourth-order valence-corrected chi connectivity index (χ4v) is 4.98. The van der Waals surface area contributed by atoms with E-state index in [0.717, 1.165) is 0 Å². The van der Waals surface area contributed by atoms with Crippen LogP contribution in [0.5, 0.6) is 0 Å². The third kappa shape index (κ3) is 4.59. The zero-order chi connectivity index (χ0) is 18.7. The number of nitrogens with zero attached hydrogens (tertiary/aromatic N) is 3. The number of halogens is 2. The van der Waals surface area contributed by atoms with Gasteiger partial charge in [0.2, 0.25) is 0 Å². The second-order valence-electron chi connectivity index (χ2n) is 5.99. The average Bonchev–Trinajstić information content (AvgIpc) is 2.61. The largest absolute Gasteiger partial charge is 0.379 e.